The highest BCUT2D eigenvalue weighted by molar-refractivity contribution is 5.76. The molecule has 4 aromatic rings. The number of hydrogen-bond donors (Lipinski definition) is 1. The first-order chi connectivity index (χ1) is 14.8. The first-order valence-corrected chi connectivity index (χ1v) is 10.4. The molecule has 1 aliphatic carbocycles. The van der Waals surface area contributed by atoms with Gasteiger partial charge in [0.1, 0.15) is 5.65 Å². The maximum absolute atomic E-state index is 13.4. The van der Waals surface area contributed by atoms with Crippen LogP contribution in [0.25, 0.3) is 5.65 Å². The molecule has 1 saturated carbocycles. The minimum Gasteiger partial charge on any atom is -0.327 e. The van der Waals surface area contributed by atoms with Gasteiger partial charge in [-0.1, -0.05) is 66.7 Å². The Kier molecular flexibility index (Phi) is 4.93. The van der Waals surface area contributed by atoms with Gasteiger partial charge < -0.3 is 14.6 Å². The van der Waals surface area contributed by atoms with Crippen LogP contribution in [-0.4, -0.2) is 26.4 Å². The molecule has 1 aliphatic rings. The van der Waals surface area contributed by atoms with E-state index in [9.17, 15) is 4.79 Å². The predicted molar refractivity (Wildman–Crippen MR) is 117 cm³/mol. The summed E-state index contributed by atoms with van der Waals surface area (Å²) in [5, 5.41) is 3.29. The molecule has 2 aromatic carbocycles. The second-order valence-corrected chi connectivity index (χ2v) is 7.74. The van der Waals surface area contributed by atoms with Gasteiger partial charge in [-0.2, -0.15) is 0 Å². The minimum atomic E-state index is -0.191. The molecule has 2 heterocycles. The molecule has 2 amide bonds. The lowest BCUT2D eigenvalue weighted by Gasteiger charge is -2.27. The lowest BCUT2D eigenvalue weighted by atomic mass is 9.99. The van der Waals surface area contributed by atoms with Crippen molar-refractivity contribution >= 4 is 11.7 Å². The summed E-state index contributed by atoms with van der Waals surface area (Å²) in [6.45, 7) is 0.540. The molecule has 5 nitrogen and oxygen atoms in total. The summed E-state index contributed by atoms with van der Waals surface area (Å²) >= 11 is 0. The van der Waals surface area contributed by atoms with Crippen molar-refractivity contribution in [1.82, 2.24) is 19.6 Å². The van der Waals surface area contributed by atoms with Crippen molar-refractivity contribution in [2.75, 3.05) is 0 Å². The SMILES string of the molecule is O=C(NC(c1ccccc1)c1ccccc1)N(Cc1cnc2ccccn12)C1CC1. The molecule has 5 rings (SSSR count). The number of rotatable bonds is 6. The highest BCUT2D eigenvalue weighted by Gasteiger charge is 2.34. The molecule has 0 aliphatic heterocycles. The molecule has 1 N–H and O–H groups in total. The van der Waals surface area contributed by atoms with Crippen LogP contribution in [-0.2, 0) is 6.54 Å². The number of imidazole rings is 1. The standard InChI is InChI=1S/C25H24N4O/c30-25(27-24(19-9-3-1-4-10-19)20-11-5-2-6-12-20)29(21-14-15-21)18-22-17-26-23-13-7-8-16-28(22)23/h1-13,16-17,21,24H,14-15,18H2,(H,27,30). The number of fused-ring (bicyclic) bond motifs is 1. The highest BCUT2D eigenvalue weighted by atomic mass is 16.2. The lowest BCUT2D eigenvalue weighted by Crippen LogP contribution is -2.43. The normalized spacial score (nSPS) is 13.5. The smallest absolute Gasteiger partial charge is 0.318 e. The molecule has 1 fully saturated rings. The number of pyridine rings is 1. The summed E-state index contributed by atoms with van der Waals surface area (Å²) in [6, 6.07) is 26.3. The second-order valence-electron chi connectivity index (χ2n) is 7.74. The van der Waals surface area contributed by atoms with Crippen LogP contribution in [0.3, 0.4) is 0 Å². The number of hydrogen-bond acceptors (Lipinski definition) is 2. The maximum atomic E-state index is 13.4. The number of nitrogens with zero attached hydrogens (tertiary/aromatic N) is 3. The fourth-order valence-corrected chi connectivity index (χ4v) is 3.89. The third-order valence-electron chi connectivity index (χ3n) is 5.61. The summed E-state index contributed by atoms with van der Waals surface area (Å²) in [5.74, 6) is 0. The molecule has 0 spiro atoms. The van der Waals surface area contributed by atoms with Crippen LogP contribution in [0.1, 0.15) is 35.7 Å². The van der Waals surface area contributed by atoms with Crippen molar-refractivity contribution in [2.24, 2.45) is 0 Å². The van der Waals surface area contributed by atoms with Crippen LogP contribution >= 0.6 is 0 Å². The Morgan fingerprint density at radius 3 is 2.23 bits per heavy atom. The zero-order valence-electron chi connectivity index (χ0n) is 16.7. The number of carbonyl (C=O) groups excluding carboxylic acids is 1. The van der Waals surface area contributed by atoms with Crippen molar-refractivity contribution in [3.8, 4) is 0 Å². The number of aromatic nitrogens is 2. The molecular formula is C25H24N4O. The first-order valence-electron chi connectivity index (χ1n) is 10.4. The minimum absolute atomic E-state index is 0.0407. The Bertz CT molecular complexity index is 1100. The largest absolute Gasteiger partial charge is 0.327 e. The van der Waals surface area contributed by atoms with Gasteiger partial charge in [0, 0.05) is 12.2 Å². The number of benzene rings is 2. The van der Waals surface area contributed by atoms with Crippen LogP contribution < -0.4 is 5.32 Å². The van der Waals surface area contributed by atoms with Crippen molar-refractivity contribution in [3.63, 3.8) is 0 Å². The highest BCUT2D eigenvalue weighted by Crippen LogP contribution is 2.30. The third kappa shape index (κ3) is 3.79. The van der Waals surface area contributed by atoms with Gasteiger partial charge in [0.25, 0.3) is 0 Å². The summed E-state index contributed by atoms with van der Waals surface area (Å²) < 4.78 is 2.05. The van der Waals surface area contributed by atoms with Gasteiger partial charge in [0.05, 0.1) is 24.5 Å². The van der Waals surface area contributed by atoms with Gasteiger partial charge in [-0.05, 0) is 36.1 Å². The molecule has 150 valence electrons. The molecule has 0 atom stereocenters. The average molecular weight is 396 g/mol. The molecule has 30 heavy (non-hydrogen) atoms. The van der Waals surface area contributed by atoms with Gasteiger partial charge in [0.2, 0.25) is 0 Å². The summed E-state index contributed by atoms with van der Waals surface area (Å²) in [7, 11) is 0. The Hall–Kier alpha value is -3.60. The van der Waals surface area contributed by atoms with Crippen molar-refractivity contribution < 1.29 is 4.79 Å². The van der Waals surface area contributed by atoms with E-state index in [-0.39, 0.29) is 18.1 Å². The van der Waals surface area contributed by atoms with Gasteiger partial charge in [-0.25, -0.2) is 9.78 Å². The van der Waals surface area contributed by atoms with Crippen molar-refractivity contribution in [2.45, 2.75) is 31.5 Å². The number of carbonyl (C=O) groups is 1. The number of nitrogens with one attached hydrogen (secondary N) is 1. The van der Waals surface area contributed by atoms with Crippen LogP contribution in [0.15, 0.2) is 91.3 Å². The Balaban J connectivity index is 1.42. The fraction of sp³-hybridized carbons (Fsp3) is 0.200. The second kappa shape index (κ2) is 8.03. The Morgan fingerprint density at radius 1 is 0.967 bits per heavy atom. The molecule has 0 unspecified atom stereocenters. The van der Waals surface area contributed by atoms with E-state index in [1.54, 1.807) is 0 Å². The van der Waals surface area contributed by atoms with E-state index in [4.69, 9.17) is 0 Å². The Labute approximate surface area is 176 Å². The van der Waals surface area contributed by atoms with Crippen LogP contribution in [0.4, 0.5) is 4.79 Å². The first kappa shape index (κ1) is 18.4. The quantitative estimate of drug-likeness (QED) is 0.509. The van der Waals surface area contributed by atoms with Gasteiger partial charge >= 0.3 is 6.03 Å². The Morgan fingerprint density at radius 2 is 1.60 bits per heavy atom. The van der Waals surface area contributed by atoms with E-state index in [1.165, 1.54) is 0 Å². The van der Waals surface area contributed by atoms with E-state index in [1.807, 2.05) is 71.9 Å². The molecule has 0 radical (unpaired) electrons. The molecule has 0 saturated heterocycles. The van der Waals surface area contributed by atoms with Crippen LogP contribution in [0.5, 0.6) is 0 Å². The number of amides is 2. The van der Waals surface area contributed by atoms with E-state index < -0.39 is 0 Å². The molecule has 5 heteroatoms. The fourth-order valence-electron chi connectivity index (χ4n) is 3.89. The zero-order valence-corrected chi connectivity index (χ0v) is 16.7. The molecule has 2 aromatic heterocycles. The van der Waals surface area contributed by atoms with Crippen molar-refractivity contribution in [1.29, 1.82) is 0 Å². The summed E-state index contributed by atoms with van der Waals surface area (Å²) in [5.41, 5.74) is 4.06. The lowest BCUT2D eigenvalue weighted by molar-refractivity contribution is 0.188. The van der Waals surface area contributed by atoms with E-state index >= 15 is 0 Å². The summed E-state index contributed by atoms with van der Waals surface area (Å²) in [6.07, 6.45) is 5.96. The van der Waals surface area contributed by atoms with E-state index in [0.717, 1.165) is 35.3 Å². The topological polar surface area (TPSA) is 49.6 Å². The van der Waals surface area contributed by atoms with Crippen molar-refractivity contribution in [3.05, 3.63) is 108 Å². The predicted octanol–water partition coefficient (Wildman–Crippen LogP) is 4.80. The van der Waals surface area contributed by atoms with Gasteiger partial charge in [0.15, 0.2) is 0 Å². The van der Waals surface area contributed by atoms with E-state index in [0.29, 0.717) is 6.54 Å². The van der Waals surface area contributed by atoms with Gasteiger partial charge in [-0.3, -0.25) is 0 Å². The average Bonchev–Trinajstić information content (AvgIpc) is 3.57. The monoisotopic (exact) mass is 396 g/mol. The molecular weight excluding hydrogens is 372 g/mol. The maximum Gasteiger partial charge on any atom is 0.318 e. The van der Waals surface area contributed by atoms with E-state index in [2.05, 4.69) is 39.0 Å². The third-order valence-corrected chi connectivity index (χ3v) is 5.61. The van der Waals surface area contributed by atoms with Crippen LogP contribution in [0.2, 0.25) is 0 Å². The summed E-state index contributed by atoms with van der Waals surface area (Å²) in [4.78, 5) is 19.9. The van der Waals surface area contributed by atoms with Crippen LogP contribution in [0, 0.1) is 0 Å². The number of urea groups is 1. The molecule has 0 bridgehead atoms. The zero-order chi connectivity index (χ0) is 20.3. The van der Waals surface area contributed by atoms with Gasteiger partial charge in [-0.15, -0.1) is 0 Å².